The van der Waals surface area contributed by atoms with Crippen molar-refractivity contribution in [2.45, 2.75) is 51.9 Å². The molecule has 0 aromatic heterocycles. The third-order valence-electron chi connectivity index (χ3n) is 4.97. The van der Waals surface area contributed by atoms with Gasteiger partial charge < -0.3 is 4.90 Å². The summed E-state index contributed by atoms with van der Waals surface area (Å²) in [6.45, 7) is 4.35. The highest BCUT2D eigenvalue weighted by atomic mass is 16.1. The van der Waals surface area contributed by atoms with Gasteiger partial charge >= 0.3 is 0 Å². The summed E-state index contributed by atoms with van der Waals surface area (Å²) >= 11 is 0. The summed E-state index contributed by atoms with van der Waals surface area (Å²) in [7, 11) is 0. The number of nitrogens with zero attached hydrogens (tertiary/aromatic N) is 1. The molecular weight excluding hydrogens is 210 g/mol. The van der Waals surface area contributed by atoms with Crippen LogP contribution in [0.1, 0.15) is 51.9 Å². The van der Waals surface area contributed by atoms with Crippen LogP contribution in [0.15, 0.2) is 11.3 Å². The molecule has 0 bridgehead atoms. The quantitative estimate of drug-likeness (QED) is 0.693. The number of ketones is 1. The summed E-state index contributed by atoms with van der Waals surface area (Å²) in [5.74, 6) is 1.62. The predicted molar refractivity (Wildman–Crippen MR) is 68.6 cm³/mol. The van der Waals surface area contributed by atoms with Gasteiger partial charge in [0.25, 0.3) is 0 Å². The number of Topliss-reactive ketones (excluding diaryl/α,β-unsaturated/α-hetero) is 1. The molecule has 2 atom stereocenters. The van der Waals surface area contributed by atoms with E-state index in [4.69, 9.17) is 0 Å². The minimum atomic E-state index is 0.305. The largest absolute Gasteiger partial charge is 0.374 e. The second-order valence-corrected chi connectivity index (χ2v) is 5.90. The number of piperidine rings is 1. The lowest BCUT2D eigenvalue weighted by molar-refractivity contribution is -0.125. The fourth-order valence-corrected chi connectivity index (χ4v) is 3.89. The molecule has 2 nitrogen and oxygen atoms in total. The van der Waals surface area contributed by atoms with Crippen LogP contribution in [0, 0.1) is 11.8 Å². The van der Waals surface area contributed by atoms with Crippen molar-refractivity contribution in [3.8, 4) is 0 Å². The molecule has 0 N–H and O–H groups in total. The monoisotopic (exact) mass is 233 g/mol. The van der Waals surface area contributed by atoms with Gasteiger partial charge in [-0.3, -0.25) is 4.79 Å². The van der Waals surface area contributed by atoms with Gasteiger partial charge in [0.05, 0.1) is 0 Å². The minimum Gasteiger partial charge on any atom is -0.374 e. The Morgan fingerprint density at radius 3 is 3.00 bits per heavy atom. The molecule has 2 aliphatic heterocycles. The van der Waals surface area contributed by atoms with Gasteiger partial charge in [0.1, 0.15) is 5.78 Å². The number of hydrogen-bond donors (Lipinski definition) is 0. The molecule has 0 radical (unpaired) electrons. The minimum absolute atomic E-state index is 0.305. The van der Waals surface area contributed by atoms with Crippen molar-refractivity contribution < 1.29 is 4.79 Å². The molecule has 1 aliphatic carbocycles. The number of carbonyl (C=O) groups is 1. The molecule has 1 saturated carbocycles. The summed E-state index contributed by atoms with van der Waals surface area (Å²) in [5, 5.41) is 0. The van der Waals surface area contributed by atoms with Crippen molar-refractivity contribution in [2.75, 3.05) is 13.1 Å². The maximum absolute atomic E-state index is 12.1. The van der Waals surface area contributed by atoms with E-state index in [1.807, 2.05) is 0 Å². The highest BCUT2D eigenvalue weighted by Crippen LogP contribution is 2.41. The van der Waals surface area contributed by atoms with Crippen LogP contribution < -0.4 is 0 Å². The first-order chi connectivity index (χ1) is 8.29. The lowest BCUT2D eigenvalue weighted by Gasteiger charge is -2.44. The van der Waals surface area contributed by atoms with Crippen LogP contribution in [-0.2, 0) is 4.79 Å². The molecule has 3 rings (SSSR count). The Bertz CT molecular complexity index is 358. The molecule has 0 aromatic rings. The number of rotatable bonds is 1. The average Bonchev–Trinajstić information content (AvgIpc) is 2.38. The maximum atomic E-state index is 12.1. The molecule has 1 saturated heterocycles. The van der Waals surface area contributed by atoms with E-state index in [0.29, 0.717) is 11.7 Å². The van der Waals surface area contributed by atoms with Crippen LogP contribution >= 0.6 is 0 Å². The maximum Gasteiger partial charge on any atom is 0.143 e. The first kappa shape index (κ1) is 11.3. The van der Waals surface area contributed by atoms with E-state index in [9.17, 15) is 4.79 Å². The predicted octanol–water partition coefficient (Wildman–Crippen LogP) is 3.14. The van der Waals surface area contributed by atoms with Crippen LogP contribution in [0.25, 0.3) is 0 Å². The smallest absolute Gasteiger partial charge is 0.143 e. The van der Waals surface area contributed by atoms with E-state index < -0.39 is 0 Å². The number of allylic oxidation sites excluding steroid dienone is 2. The first-order valence-corrected chi connectivity index (χ1v) is 7.29. The van der Waals surface area contributed by atoms with Gasteiger partial charge in [-0.1, -0.05) is 13.3 Å². The second-order valence-electron chi connectivity index (χ2n) is 5.90. The molecule has 17 heavy (non-hydrogen) atoms. The highest BCUT2D eigenvalue weighted by molar-refractivity contribution is 5.84. The Balaban J connectivity index is 1.88. The number of hydrogen-bond acceptors (Lipinski definition) is 2. The molecule has 0 spiro atoms. The number of fused-ring (bicyclic) bond motifs is 2. The molecule has 3 aliphatic rings. The average molecular weight is 233 g/mol. The highest BCUT2D eigenvalue weighted by Gasteiger charge is 2.36. The zero-order chi connectivity index (χ0) is 11.8. The molecule has 2 unspecified atom stereocenters. The fraction of sp³-hybridized carbons (Fsp3) is 0.800. The second kappa shape index (κ2) is 4.47. The van der Waals surface area contributed by atoms with Crippen molar-refractivity contribution in [1.29, 1.82) is 0 Å². The van der Waals surface area contributed by atoms with Crippen molar-refractivity contribution in [2.24, 2.45) is 11.8 Å². The Kier molecular flexibility index (Phi) is 2.97. The zero-order valence-electron chi connectivity index (χ0n) is 10.9. The van der Waals surface area contributed by atoms with Gasteiger partial charge in [0.15, 0.2) is 0 Å². The lowest BCUT2D eigenvalue weighted by atomic mass is 9.76. The van der Waals surface area contributed by atoms with E-state index in [1.54, 1.807) is 5.57 Å². The van der Waals surface area contributed by atoms with Crippen molar-refractivity contribution in [3.63, 3.8) is 0 Å². The van der Waals surface area contributed by atoms with Gasteiger partial charge in [-0.15, -0.1) is 0 Å². The van der Waals surface area contributed by atoms with Crippen molar-refractivity contribution in [3.05, 3.63) is 11.3 Å². The normalized spacial score (nSPS) is 33.5. The molecule has 0 aromatic carbocycles. The fourth-order valence-electron chi connectivity index (χ4n) is 3.89. The van der Waals surface area contributed by atoms with Crippen LogP contribution in [0.5, 0.6) is 0 Å². The zero-order valence-corrected chi connectivity index (χ0v) is 10.9. The van der Waals surface area contributed by atoms with Crippen LogP contribution in [0.3, 0.4) is 0 Å². The third kappa shape index (κ3) is 1.92. The van der Waals surface area contributed by atoms with Gasteiger partial charge in [-0.2, -0.15) is 0 Å². The van der Waals surface area contributed by atoms with Crippen LogP contribution in [0.2, 0.25) is 0 Å². The number of carbonyl (C=O) groups excluding carboxylic acids is 1. The van der Waals surface area contributed by atoms with Crippen molar-refractivity contribution >= 4 is 5.78 Å². The van der Waals surface area contributed by atoms with Crippen LogP contribution in [-0.4, -0.2) is 23.8 Å². The third-order valence-corrected chi connectivity index (χ3v) is 4.97. The molecule has 2 fully saturated rings. The first-order valence-electron chi connectivity index (χ1n) is 7.29. The Hall–Kier alpha value is -0.790. The van der Waals surface area contributed by atoms with Gasteiger partial charge in [0.2, 0.25) is 0 Å². The summed E-state index contributed by atoms with van der Waals surface area (Å²) in [6.07, 6.45) is 8.47. The molecule has 2 heterocycles. The van der Waals surface area contributed by atoms with Crippen LogP contribution in [0.4, 0.5) is 0 Å². The van der Waals surface area contributed by atoms with E-state index in [2.05, 4.69) is 11.8 Å². The van der Waals surface area contributed by atoms with E-state index in [1.165, 1.54) is 44.3 Å². The van der Waals surface area contributed by atoms with E-state index in [0.717, 1.165) is 25.3 Å². The van der Waals surface area contributed by atoms with Gasteiger partial charge in [0, 0.05) is 31.1 Å². The standard InChI is InChI=1S/C15H23NO/c1-2-11-10-16-8-7-12-5-3-4-6-13(12)14(16)9-15(11)17/h11-12H,2-10H2,1H3. The molecule has 0 amide bonds. The summed E-state index contributed by atoms with van der Waals surface area (Å²) in [5.41, 5.74) is 3.10. The lowest BCUT2D eigenvalue weighted by Crippen LogP contribution is -2.44. The SMILES string of the molecule is CCC1CN2CCC3CCCCC3=C2CC1=O. The van der Waals surface area contributed by atoms with Crippen molar-refractivity contribution in [1.82, 2.24) is 4.90 Å². The Morgan fingerprint density at radius 2 is 2.18 bits per heavy atom. The topological polar surface area (TPSA) is 20.3 Å². The summed E-state index contributed by atoms with van der Waals surface area (Å²) in [4.78, 5) is 14.6. The molecule has 94 valence electrons. The summed E-state index contributed by atoms with van der Waals surface area (Å²) in [6, 6.07) is 0. The van der Waals surface area contributed by atoms with Gasteiger partial charge in [-0.25, -0.2) is 0 Å². The Labute approximate surface area is 104 Å². The van der Waals surface area contributed by atoms with E-state index >= 15 is 0 Å². The molecule has 2 heteroatoms. The summed E-state index contributed by atoms with van der Waals surface area (Å²) < 4.78 is 0. The van der Waals surface area contributed by atoms with Gasteiger partial charge in [-0.05, 0) is 43.6 Å². The van der Waals surface area contributed by atoms with E-state index in [-0.39, 0.29) is 0 Å². The Morgan fingerprint density at radius 1 is 1.29 bits per heavy atom. The molecular formula is C15H23NO.